The van der Waals surface area contributed by atoms with Crippen molar-refractivity contribution in [1.29, 1.82) is 0 Å². The molecule has 0 saturated heterocycles. The highest BCUT2D eigenvalue weighted by Gasteiger charge is 2.60. The number of carbonyl (C=O) groups is 1. The molecular weight excluding hydrogens is 519 g/mol. The second-order valence-corrected chi connectivity index (χ2v) is 13.1. The molecule has 5 nitrogen and oxygen atoms in total. The Bertz CT molecular complexity index is 1560. The summed E-state index contributed by atoms with van der Waals surface area (Å²) in [4.78, 5) is 12.6. The third kappa shape index (κ3) is 4.23. The maximum atomic E-state index is 17.6. The SMILES string of the molecule is C/C=C/c1ccc(C(=O)c2cccs2)c(C(F)(S(=O)(=O)c2ccccc2)S(=O)(=O)c2ccccc2)c1. The molecule has 0 spiro atoms. The lowest BCUT2D eigenvalue weighted by molar-refractivity contribution is 0.104. The number of allylic oxidation sites excluding steroid dienone is 1. The van der Waals surface area contributed by atoms with E-state index < -0.39 is 45.1 Å². The van der Waals surface area contributed by atoms with E-state index in [-0.39, 0.29) is 10.4 Å². The zero-order chi connectivity index (χ0) is 26.0. The average Bonchev–Trinajstić information content (AvgIpc) is 3.44. The van der Waals surface area contributed by atoms with Gasteiger partial charge < -0.3 is 0 Å². The zero-order valence-electron chi connectivity index (χ0n) is 19.0. The first-order valence-electron chi connectivity index (χ1n) is 10.8. The van der Waals surface area contributed by atoms with E-state index in [1.165, 1.54) is 54.6 Å². The Morgan fingerprint density at radius 3 is 1.83 bits per heavy atom. The minimum Gasteiger partial charge on any atom is -0.288 e. The lowest BCUT2D eigenvalue weighted by Gasteiger charge is -2.28. The summed E-state index contributed by atoms with van der Waals surface area (Å²) in [6.07, 6.45) is 3.20. The standard InChI is InChI=1S/C27H21FO5S3/c1-2-10-20-16-17-23(26(29)25-15-9-18-34-25)24(19-20)27(28,35(30,31)21-11-5-3-6-12-21)36(32,33)22-13-7-4-8-14-22/h2-19H,1H3/b10-2+. The molecule has 0 N–H and O–H groups in total. The van der Waals surface area contributed by atoms with E-state index >= 15 is 4.39 Å². The van der Waals surface area contributed by atoms with E-state index in [9.17, 15) is 21.6 Å². The van der Waals surface area contributed by atoms with Gasteiger partial charge >= 0.3 is 4.33 Å². The minimum absolute atomic E-state index is 0.214. The molecule has 184 valence electrons. The van der Waals surface area contributed by atoms with Gasteiger partial charge in [0.15, 0.2) is 0 Å². The molecule has 0 fully saturated rings. The molecule has 0 unspecified atom stereocenters. The Labute approximate surface area is 213 Å². The van der Waals surface area contributed by atoms with Crippen molar-refractivity contribution in [2.75, 3.05) is 0 Å². The molecule has 0 atom stereocenters. The molecule has 0 aliphatic rings. The predicted molar refractivity (Wildman–Crippen MR) is 139 cm³/mol. The largest absolute Gasteiger partial charge is 0.343 e. The molecule has 0 aliphatic carbocycles. The first-order valence-corrected chi connectivity index (χ1v) is 14.6. The molecule has 1 heterocycles. The quantitative estimate of drug-likeness (QED) is 0.254. The van der Waals surface area contributed by atoms with Crippen LogP contribution in [0.5, 0.6) is 0 Å². The summed E-state index contributed by atoms with van der Waals surface area (Å²) < 4.78 is 69.3. The molecule has 0 aliphatic heterocycles. The topological polar surface area (TPSA) is 85.3 Å². The molecule has 4 aromatic rings. The maximum absolute atomic E-state index is 17.6. The normalized spacial score (nSPS) is 12.6. The minimum atomic E-state index is -5.24. The Morgan fingerprint density at radius 1 is 0.806 bits per heavy atom. The van der Waals surface area contributed by atoms with Crippen LogP contribution in [0.1, 0.15) is 33.3 Å². The van der Waals surface area contributed by atoms with Crippen LogP contribution in [0.2, 0.25) is 0 Å². The molecule has 0 bridgehead atoms. The predicted octanol–water partition coefficient (Wildman–Crippen LogP) is 6.04. The number of hydrogen-bond donors (Lipinski definition) is 0. The number of thiophene rings is 1. The van der Waals surface area contributed by atoms with Gasteiger partial charge in [0.05, 0.1) is 14.7 Å². The van der Waals surface area contributed by atoms with Gasteiger partial charge in [0.1, 0.15) is 0 Å². The second-order valence-electron chi connectivity index (χ2n) is 7.78. The first-order chi connectivity index (χ1) is 17.1. The van der Waals surface area contributed by atoms with Crippen LogP contribution >= 0.6 is 11.3 Å². The highest BCUT2D eigenvalue weighted by Crippen LogP contribution is 2.47. The summed E-state index contributed by atoms with van der Waals surface area (Å²) in [5.41, 5.74) is -0.778. The fourth-order valence-corrected chi connectivity index (χ4v) is 8.74. The van der Waals surface area contributed by atoms with Gasteiger partial charge in [-0.1, -0.05) is 60.7 Å². The molecule has 1 aromatic heterocycles. The van der Waals surface area contributed by atoms with E-state index in [1.807, 2.05) is 0 Å². The summed E-state index contributed by atoms with van der Waals surface area (Å²) in [5.74, 6) is -0.680. The van der Waals surface area contributed by atoms with Gasteiger partial charge in [-0.15, -0.1) is 11.3 Å². The van der Waals surface area contributed by atoms with Crippen molar-refractivity contribution in [3.05, 3.63) is 124 Å². The van der Waals surface area contributed by atoms with Gasteiger partial charge in [0, 0.05) is 11.1 Å². The summed E-state index contributed by atoms with van der Waals surface area (Å²) in [6.45, 7) is 1.70. The Hall–Kier alpha value is -3.40. The molecular formula is C27H21FO5S3. The number of carbonyl (C=O) groups excluding carboxylic acids is 1. The van der Waals surface area contributed by atoms with Crippen molar-refractivity contribution < 1.29 is 26.0 Å². The number of halogens is 1. The molecule has 3 aromatic carbocycles. The fraction of sp³-hybridized carbons (Fsp3) is 0.0741. The van der Waals surface area contributed by atoms with Crippen molar-refractivity contribution in [1.82, 2.24) is 0 Å². The van der Waals surface area contributed by atoms with Gasteiger partial charge in [0.2, 0.25) is 25.5 Å². The first kappa shape index (κ1) is 25.7. The van der Waals surface area contributed by atoms with E-state index in [0.717, 1.165) is 41.7 Å². The van der Waals surface area contributed by atoms with Crippen LogP contribution in [0.15, 0.2) is 112 Å². The highest BCUT2D eigenvalue weighted by atomic mass is 32.3. The fourth-order valence-electron chi connectivity index (χ4n) is 3.78. The third-order valence-electron chi connectivity index (χ3n) is 5.51. The number of sulfone groups is 2. The van der Waals surface area contributed by atoms with Crippen LogP contribution in [-0.4, -0.2) is 22.6 Å². The summed E-state index contributed by atoms with van der Waals surface area (Å²) >= 11 is 1.08. The van der Waals surface area contributed by atoms with Crippen LogP contribution in [0, 0.1) is 0 Å². The number of hydrogen-bond acceptors (Lipinski definition) is 6. The Balaban J connectivity index is 2.14. The van der Waals surface area contributed by atoms with Gasteiger partial charge in [0.25, 0.3) is 0 Å². The number of alkyl halides is 1. The molecule has 0 amide bonds. The monoisotopic (exact) mass is 540 g/mol. The second kappa shape index (κ2) is 9.93. The van der Waals surface area contributed by atoms with E-state index in [2.05, 4.69) is 0 Å². The van der Waals surface area contributed by atoms with Crippen molar-refractivity contribution in [2.45, 2.75) is 21.0 Å². The zero-order valence-corrected chi connectivity index (χ0v) is 21.5. The Morgan fingerprint density at radius 2 is 1.36 bits per heavy atom. The van der Waals surface area contributed by atoms with Crippen LogP contribution < -0.4 is 0 Å². The van der Waals surface area contributed by atoms with Crippen LogP contribution in [-0.2, 0) is 24.0 Å². The van der Waals surface area contributed by atoms with Crippen molar-refractivity contribution >= 4 is 42.9 Å². The van der Waals surface area contributed by atoms with Gasteiger partial charge in [-0.25, -0.2) is 21.2 Å². The van der Waals surface area contributed by atoms with E-state index in [1.54, 1.807) is 30.5 Å². The van der Waals surface area contributed by atoms with Gasteiger partial charge in [-0.2, -0.15) is 0 Å². The molecule has 9 heteroatoms. The number of rotatable bonds is 8. The van der Waals surface area contributed by atoms with Crippen LogP contribution in [0.3, 0.4) is 0 Å². The lowest BCUT2D eigenvalue weighted by atomic mass is 10.00. The average molecular weight is 541 g/mol. The number of ketones is 1. The summed E-state index contributed by atoms with van der Waals surface area (Å²) in [6, 6.07) is 20.1. The van der Waals surface area contributed by atoms with Gasteiger partial charge in [-0.3, -0.25) is 4.79 Å². The lowest BCUT2D eigenvalue weighted by Crippen LogP contribution is -2.41. The van der Waals surface area contributed by atoms with Crippen LogP contribution in [0.25, 0.3) is 6.08 Å². The van der Waals surface area contributed by atoms with Crippen molar-refractivity contribution in [2.24, 2.45) is 0 Å². The summed E-state index contributed by atoms with van der Waals surface area (Å²) in [7, 11) is -10.5. The highest BCUT2D eigenvalue weighted by molar-refractivity contribution is 8.09. The molecule has 0 radical (unpaired) electrons. The molecule has 4 rings (SSSR count). The van der Waals surface area contributed by atoms with Gasteiger partial charge in [-0.05, 0) is 60.3 Å². The summed E-state index contributed by atoms with van der Waals surface area (Å²) in [5, 5.41) is 1.64. The van der Waals surface area contributed by atoms with E-state index in [0.29, 0.717) is 5.56 Å². The smallest absolute Gasteiger partial charge is 0.288 e. The Kier molecular flexibility index (Phi) is 7.08. The van der Waals surface area contributed by atoms with Crippen LogP contribution in [0.4, 0.5) is 4.39 Å². The third-order valence-corrected chi connectivity index (χ3v) is 11.3. The number of benzene rings is 3. The maximum Gasteiger partial charge on any atom is 0.343 e. The van der Waals surface area contributed by atoms with Crippen molar-refractivity contribution in [3.63, 3.8) is 0 Å². The molecule has 36 heavy (non-hydrogen) atoms. The van der Waals surface area contributed by atoms with E-state index in [4.69, 9.17) is 0 Å². The van der Waals surface area contributed by atoms with Crippen molar-refractivity contribution in [3.8, 4) is 0 Å². The molecule has 0 saturated carbocycles.